The molecule has 0 aromatic carbocycles. The average Bonchev–Trinajstić information content (AvgIpc) is 3.27. The Morgan fingerprint density at radius 3 is 2.72 bits per heavy atom. The second-order valence-electron chi connectivity index (χ2n) is 9.08. The van der Waals surface area contributed by atoms with Crippen LogP contribution in [0.15, 0.2) is 0 Å². The summed E-state index contributed by atoms with van der Waals surface area (Å²) >= 11 is 6.31. The van der Waals surface area contributed by atoms with Crippen LogP contribution in [0.5, 0.6) is 5.75 Å². The molecule has 160 valence electrons. The molecule has 29 heavy (non-hydrogen) atoms. The molecule has 3 aliphatic rings. The third kappa shape index (κ3) is 4.17. The van der Waals surface area contributed by atoms with E-state index in [1.807, 2.05) is 20.8 Å². The number of anilines is 2. The van der Waals surface area contributed by atoms with Gasteiger partial charge in [-0.15, -0.1) is 0 Å². The number of ether oxygens (including phenoxy) is 2. The van der Waals surface area contributed by atoms with Crippen molar-refractivity contribution in [2.75, 3.05) is 43.1 Å². The Morgan fingerprint density at radius 2 is 1.97 bits per heavy atom. The largest absolute Gasteiger partial charge is 0.486 e. The fourth-order valence-corrected chi connectivity index (χ4v) is 4.54. The molecule has 2 saturated heterocycles. The van der Waals surface area contributed by atoms with Gasteiger partial charge in [0.2, 0.25) is 11.0 Å². The monoisotopic (exact) mass is 423 g/mol. The maximum Gasteiger partial charge on any atom is 0.410 e. The number of rotatable bonds is 2. The number of carbonyl (C=O) groups is 1. The van der Waals surface area contributed by atoms with Crippen molar-refractivity contribution in [2.45, 2.75) is 64.1 Å². The zero-order chi connectivity index (χ0) is 20.8. The highest BCUT2D eigenvalue weighted by Crippen LogP contribution is 2.42. The van der Waals surface area contributed by atoms with Crippen LogP contribution in [0.25, 0.3) is 0 Å². The van der Waals surface area contributed by atoms with E-state index in [1.54, 1.807) is 11.9 Å². The number of fused-ring (bicyclic) bond motifs is 3. The van der Waals surface area contributed by atoms with Crippen LogP contribution in [0.3, 0.4) is 0 Å². The van der Waals surface area contributed by atoms with Gasteiger partial charge < -0.3 is 24.2 Å². The second-order valence-corrected chi connectivity index (χ2v) is 9.41. The number of amides is 1. The van der Waals surface area contributed by atoms with Crippen molar-refractivity contribution < 1.29 is 14.3 Å². The van der Waals surface area contributed by atoms with Gasteiger partial charge in [0, 0.05) is 39.1 Å². The Labute approximate surface area is 177 Å². The smallest absolute Gasteiger partial charge is 0.410 e. The van der Waals surface area contributed by atoms with Crippen LogP contribution in [0.1, 0.15) is 46.5 Å². The minimum absolute atomic E-state index is 0.0413. The molecule has 2 atom stereocenters. The Bertz CT molecular complexity index is 784. The van der Waals surface area contributed by atoms with Crippen LogP contribution in [0, 0.1) is 0 Å². The minimum atomic E-state index is -0.513. The summed E-state index contributed by atoms with van der Waals surface area (Å²) in [6.45, 7) is 8.67. The number of hydrogen-bond acceptors (Lipinski definition) is 7. The summed E-state index contributed by atoms with van der Waals surface area (Å²) in [5.41, 5.74) is -0.513. The second kappa shape index (κ2) is 7.70. The van der Waals surface area contributed by atoms with Crippen LogP contribution in [-0.2, 0) is 4.74 Å². The van der Waals surface area contributed by atoms with E-state index < -0.39 is 5.60 Å². The number of carbonyl (C=O) groups excluding carboxylic acids is 1. The van der Waals surface area contributed by atoms with E-state index in [0.717, 1.165) is 56.2 Å². The van der Waals surface area contributed by atoms with E-state index in [0.29, 0.717) is 19.2 Å². The molecule has 0 bridgehead atoms. The summed E-state index contributed by atoms with van der Waals surface area (Å²) in [6.07, 6.45) is 3.83. The molecule has 4 heterocycles. The number of halogens is 1. The molecule has 1 aromatic heterocycles. The summed E-state index contributed by atoms with van der Waals surface area (Å²) in [6, 6.07) is 0.499. The molecule has 0 spiro atoms. The standard InChI is InChI=1S/C20H30ClN5O3/c1-20(2,3)29-19(27)24(4)14-7-10-25(12-14)16-15-17(23-18(21)22-16)26-9-5-6-13(26)8-11-28-15/h13-14H,5-12H2,1-4H3/t13-,14+/m0/s1. The predicted octanol–water partition coefficient (Wildman–Crippen LogP) is 3.33. The van der Waals surface area contributed by atoms with Crippen molar-refractivity contribution in [1.29, 1.82) is 0 Å². The highest BCUT2D eigenvalue weighted by atomic mass is 35.5. The quantitative estimate of drug-likeness (QED) is 0.675. The Morgan fingerprint density at radius 1 is 1.21 bits per heavy atom. The summed E-state index contributed by atoms with van der Waals surface area (Å²) in [5, 5.41) is 0.235. The Balaban J connectivity index is 1.55. The van der Waals surface area contributed by atoms with Gasteiger partial charge in [-0.2, -0.15) is 9.97 Å². The number of aromatic nitrogens is 2. The highest BCUT2D eigenvalue weighted by molar-refractivity contribution is 6.28. The first-order chi connectivity index (χ1) is 13.7. The van der Waals surface area contributed by atoms with Gasteiger partial charge in [0.15, 0.2) is 11.6 Å². The highest BCUT2D eigenvalue weighted by Gasteiger charge is 2.37. The lowest BCUT2D eigenvalue weighted by atomic mass is 10.1. The van der Waals surface area contributed by atoms with Crippen LogP contribution >= 0.6 is 11.6 Å². The SMILES string of the molecule is CN(C(=O)OC(C)(C)C)[C@@H]1CCN(c2nc(Cl)nc3c2OCC[C@@H]2CCCN32)C1. The molecule has 0 aliphatic carbocycles. The van der Waals surface area contributed by atoms with E-state index in [-0.39, 0.29) is 17.4 Å². The van der Waals surface area contributed by atoms with Crippen LogP contribution in [0.4, 0.5) is 16.4 Å². The zero-order valence-electron chi connectivity index (χ0n) is 17.7. The van der Waals surface area contributed by atoms with Gasteiger partial charge in [-0.3, -0.25) is 0 Å². The molecular weight excluding hydrogens is 394 g/mol. The molecular formula is C20H30ClN5O3. The third-order valence-corrected chi connectivity index (χ3v) is 6.01. The van der Waals surface area contributed by atoms with Crippen molar-refractivity contribution in [3.8, 4) is 5.75 Å². The normalized spacial score (nSPS) is 23.9. The van der Waals surface area contributed by atoms with Gasteiger partial charge in [-0.05, 0) is 51.6 Å². The molecule has 0 N–H and O–H groups in total. The van der Waals surface area contributed by atoms with Gasteiger partial charge in [0.1, 0.15) is 5.60 Å². The molecule has 0 radical (unpaired) electrons. The van der Waals surface area contributed by atoms with Crippen LogP contribution in [0.2, 0.25) is 5.28 Å². The lowest BCUT2D eigenvalue weighted by Gasteiger charge is -2.29. The lowest BCUT2D eigenvalue weighted by molar-refractivity contribution is 0.0238. The van der Waals surface area contributed by atoms with Gasteiger partial charge in [-0.25, -0.2) is 4.79 Å². The van der Waals surface area contributed by atoms with E-state index in [1.165, 1.54) is 0 Å². The lowest BCUT2D eigenvalue weighted by Crippen LogP contribution is -2.42. The van der Waals surface area contributed by atoms with Crippen molar-refractivity contribution in [3.05, 3.63) is 5.28 Å². The predicted molar refractivity (Wildman–Crippen MR) is 112 cm³/mol. The van der Waals surface area contributed by atoms with Crippen molar-refractivity contribution in [2.24, 2.45) is 0 Å². The van der Waals surface area contributed by atoms with E-state index in [2.05, 4.69) is 19.8 Å². The molecule has 9 heteroatoms. The number of nitrogens with zero attached hydrogens (tertiary/aromatic N) is 5. The van der Waals surface area contributed by atoms with E-state index >= 15 is 0 Å². The molecule has 3 aliphatic heterocycles. The molecule has 2 fully saturated rings. The molecule has 8 nitrogen and oxygen atoms in total. The topological polar surface area (TPSA) is 71.0 Å². The molecule has 1 amide bonds. The summed E-state index contributed by atoms with van der Waals surface area (Å²) in [5.74, 6) is 2.26. The zero-order valence-corrected chi connectivity index (χ0v) is 18.4. The summed E-state index contributed by atoms with van der Waals surface area (Å²) < 4.78 is 11.6. The fourth-order valence-electron chi connectivity index (χ4n) is 4.38. The van der Waals surface area contributed by atoms with Gasteiger partial charge in [0.05, 0.1) is 12.6 Å². The third-order valence-electron chi connectivity index (χ3n) is 5.84. The van der Waals surface area contributed by atoms with Crippen LogP contribution < -0.4 is 14.5 Å². The molecule has 1 aromatic rings. The van der Waals surface area contributed by atoms with Gasteiger partial charge in [0.25, 0.3) is 0 Å². The maximum absolute atomic E-state index is 12.5. The molecule has 0 unspecified atom stereocenters. The summed E-state index contributed by atoms with van der Waals surface area (Å²) in [4.78, 5) is 27.6. The number of hydrogen-bond donors (Lipinski definition) is 0. The first kappa shape index (κ1) is 20.3. The first-order valence-electron chi connectivity index (χ1n) is 10.4. The Kier molecular flexibility index (Phi) is 5.40. The Hall–Kier alpha value is -1.96. The number of likely N-dealkylation sites (N-methyl/N-ethyl adjacent to an activating group) is 1. The average molecular weight is 424 g/mol. The van der Waals surface area contributed by atoms with Crippen molar-refractivity contribution in [3.63, 3.8) is 0 Å². The maximum atomic E-state index is 12.5. The van der Waals surface area contributed by atoms with Gasteiger partial charge in [-0.1, -0.05) is 0 Å². The minimum Gasteiger partial charge on any atom is -0.486 e. The van der Waals surface area contributed by atoms with E-state index in [9.17, 15) is 4.79 Å². The molecule has 4 rings (SSSR count). The first-order valence-corrected chi connectivity index (χ1v) is 10.8. The van der Waals surface area contributed by atoms with Crippen molar-refractivity contribution in [1.82, 2.24) is 14.9 Å². The molecule has 0 saturated carbocycles. The van der Waals surface area contributed by atoms with Gasteiger partial charge >= 0.3 is 6.09 Å². The fraction of sp³-hybridized carbons (Fsp3) is 0.750. The van der Waals surface area contributed by atoms with E-state index in [4.69, 9.17) is 21.1 Å². The van der Waals surface area contributed by atoms with Crippen molar-refractivity contribution >= 4 is 29.3 Å². The van der Waals surface area contributed by atoms with Crippen LogP contribution in [-0.4, -0.2) is 71.9 Å². The summed E-state index contributed by atoms with van der Waals surface area (Å²) in [7, 11) is 1.79.